The number of thioether (sulfide) groups is 1. The Kier molecular flexibility index (Phi) is 7.69. The number of carboxylic acid groups (broad SMARTS) is 1. The number of hydrogen-bond donors (Lipinski definition) is 3. The van der Waals surface area contributed by atoms with Gasteiger partial charge < -0.3 is 15.2 Å². The molecule has 120 valence electrons. The van der Waals surface area contributed by atoms with Crippen LogP contribution in [0.3, 0.4) is 0 Å². The molecule has 0 aromatic heterocycles. The number of rotatable bonds is 7. The Bertz CT molecular complexity index is 576. The first-order chi connectivity index (χ1) is 10.5. The molecule has 0 amide bonds. The minimum atomic E-state index is -0.831. The van der Waals surface area contributed by atoms with Crippen molar-refractivity contribution in [2.45, 2.75) is 12.7 Å². The van der Waals surface area contributed by atoms with Crippen molar-refractivity contribution in [2.24, 2.45) is 5.10 Å². The molecule has 0 aliphatic rings. The number of benzene rings is 1. The number of hydrazone groups is 1. The lowest BCUT2D eigenvalue weighted by Gasteiger charge is -2.11. The summed E-state index contributed by atoms with van der Waals surface area (Å²) in [5.41, 5.74) is 5.34. The summed E-state index contributed by atoms with van der Waals surface area (Å²) in [6.45, 7) is 1.86. The van der Waals surface area contributed by atoms with Gasteiger partial charge in [-0.25, -0.2) is 0 Å². The van der Waals surface area contributed by atoms with Crippen LogP contribution in [0.4, 0.5) is 0 Å². The highest BCUT2D eigenvalue weighted by Gasteiger charge is 2.08. The molecule has 0 radical (unpaired) electrons. The average Bonchev–Trinajstić information content (AvgIpc) is 2.51. The highest BCUT2D eigenvalue weighted by atomic mass is 32.2. The van der Waals surface area contributed by atoms with Gasteiger partial charge in [-0.1, -0.05) is 0 Å². The van der Waals surface area contributed by atoms with Crippen LogP contribution in [-0.2, 0) is 10.5 Å². The van der Waals surface area contributed by atoms with Crippen molar-refractivity contribution in [2.75, 3.05) is 19.9 Å². The van der Waals surface area contributed by atoms with E-state index < -0.39 is 5.97 Å². The minimum Gasteiger partial charge on any atom is -0.496 e. The summed E-state index contributed by atoms with van der Waals surface area (Å²) in [6, 6.07) is 5.69. The van der Waals surface area contributed by atoms with E-state index >= 15 is 0 Å². The second-order valence-electron chi connectivity index (χ2n) is 4.30. The normalized spacial score (nSPS) is 11.0. The second-order valence-corrected chi connectivity index (χ2v) is 5.70. The number of nitrogens with one attached hydrogen (secondary N) is 2. The number of methoxy groups -OCH3 is 1. The lowest BCUT2D eigenvalue weighted by molar-refractivity contribution is -0.133. The van der Waals surface area contributed by atoms with Crippen LogP contribution in [0.2, 0.25) is 0 Å². The average molecular weight is 341 g/mol. The van der Waals surface area contributed by atoms with Crippen LogP contribution in [0.5, 0.6) is 5.75 Å². The molecule has 0 saturated heterocycles. The molecule has 0 fully saturated rings. The third-order valence-corrected chi connectivity index (χ3v) is 4.00. The van der Waals surface area contributed by atoms with Gasteiger partial charge in [0.05, 0.1) is 18.6 Å². The Morgan fingerprint density at radius 2 is 2.23 bits per heavy atom. The number of hydrogen-bond acceptors (Lipinski definition) is 5. The van der Waals surface area contributed by atoms with Gasteiger partial charge in [-0.2, -0.15) is 5.10 Å². The molecule has 0 aliphatic heterocycles. The molecule has 1 rings (SSSR count). The van der Waals surface area contributed by atoms with Gasteiger partial charge in [-0.05, 0) is 42.9 Å². The third kappa shape index (κ3) is 5.90. The quantitative estimate of drug-likeness (QED) is 0.396. The molecule has 1 aromatic rings. The SMILES string of the molecule is CNC(=S)N/N=C(/C)c1ccc(OC)c(CSCC(=O)O)c1. The summed E-state index contributed by atoms with van der Waals surface area (Å²) < 4.78 is 5.31. The Balaban J connectivity index is 2.88. The van der Waals surface area contributed by atoms with Crippen molar-refractivity contribution in [3.05, 3.63) is 29.3 Å². The molecule has 8 heteroatoms. The number of carbonyl (C=O) groups is 1. The largest absolute Gasteiger partial charge is 0.496 e. The summed E-state index contributed by atoms with van der Waals surface area (Å²) in [5.74, 6) is 0.507. The van der Waals surface area contributed by atoms with E-state index in [0.717, 1.165) is 22.6 Å². The topological polar surface area (TPSA) is 83.0 Å². The van der Waals surface area contributed by atoms with E-state index in [-0.39, 0.29) is 5.75 Å². The van der Waals surface area contributed by atoms with E-state index in [2.05, 4.69) is 15.8 Å². The summed E-state index contributed by atoms with van der Waals surface area (Å²) in [6.07, 6.45) is 0. The molecule has 3 N–H and O–H groups in total. The summed E-state index contributed by atoms with van der Waals surface area (Å²) in [7, 11) is 3.31. The first kappa shape index (κ1) is 18.2. The molecule has 0 aliphatic carbocycles. The van der Waals surface area contributed by atoms with Gasteiger partial charge >= 0.3 is 5.97 Å². The standard InChI is InChI=1S/C14H19N3O3S2/c1-9(16-17-14(21)15-2)10-4-5-12(20-3)11(6-10)7-22-8-13(18)19/h4-6H,7-8H2,1-3H3,(H,18,19)(H2,15,17,21)/b16-9-. The van der Waals surface area contributed by atoms with E-state index in [9.17, 15) is 4.79 Å². The number of thiocarbonyl (C=S) groups is 1. The lowest BCUT2D eigenvalue weighted by atomic mass is 10.1. The first-order valence-corrected chi connectivity index (χ1v) is 8.03. The fraction of sp³-hybridized carbons (Fsp3) is 0.357. The van der Waals surface area contributed by atoms with Crippen LogP contribution in [0.1, 0.15) is 18.1 Å². The molecule has 0 unspecified atom stereocenters. The van der Waals surface area contributed by atoms with Crippen molar-refractivity contribution >= 4 is 40.8 Å². The molecule has 0 heterocycles. The van der Waals surface area contributed by atoms with Crippen LogP contribution in [0.25, 0.3) is 0 Å². The van der Waals surface area contributed by atoms with Crippen LogP contribution in [0.15, 0.2) is 23.3 Å². The maximum atomic E-state index is 10.6. The van der Waals surface area contributed by atoms with Crippen molar-refractivity contribution in [1.82, 2.24) is 10.7 Å². The van der Waals surface area contributed by atoms with Crippen LogP contribution >= 0.6 is 24.0 Å². The van der Waals surface area contributed by atoms with Gasteiger partial charge in [-0.15, -0.1) is 11.8 Å². The highest BCUT2D eigenvalue weighted by molar-refractivity contribution is 7.99. The Labute approximate surface area is 139 Å². The van der Waals surface area contributed by atoms with Crippen molar-refractivity contribution in [3.8, 4) is 5.75 Å². The maximum absolute atomic E-state index is 10.6. The molecule has 6 nitrogen and oxygen atoms in total. The second kappa shape index (κ2) is 9.26. The van der Waals surface area contributed by atoms with Crippen LogP contribution in [0, 0.1) is 0 Å². The fourth-order valence-corrected chi connectivity index (χ4v) is 2.39. The Morgan fingerprint density at radius 3 is 2.82 bits per heavy atom. The predicted molar refractivity (Wildman–Crippen MR) is 93.8 cm³/mol. The summed E-state index contributed by atoms with van der Waals surface area (Å²) in [4.78, 5) is 10.6. The smallest absolute Gasteiger partial charge is 0.313 e. The number of carboxylic acids is 1. The van der Waals surface area contributed by atoms with Crippen LogP contribution in [-0.4, -0.2) is 41.8 Å². The number of ether oxygens (including phenoxy) is 1. The molecular formula is C14H19N3O3S2. The number of nitrogens with zero attached hydrogens (tertiary/aromatic N) is 1. The Hall–Kier alpha value is -1.80. The Morgan fingerprint density at radius 1 is 1.50 bits per heavy atom. The van der Waals surface area contributed by atoms with E-state index in [4.69, 9.17) is 22.1 Å². The lowest BCUT2D eigenvalue weighted by Crippen LogP contribution is -2.29. The van der Waals surface area contributed by atoms with Gasteiger partial charge in [0.2, 0.25) is 0 Å². The van der Waals surface area contributed by atoms with Gasteiger partial charge in [0.1, 0.15) is 5.75 Å². The van der Waals surface area contributed by atoms with Crippen molar-refractivity contribution < 1.29 is 14.6 Å². The van der Waals surface area contributed by atoms with Gasteiger partial charge in [0.25, 0.3) is 0 Å². The number of aliphatic carboxylic acids is 1. The first-order valence-electron chi connectivity index (χ1n) is 6.46. The van der Waals surface area contributed by atoms with E-state index in [1.165, 1.54) is 11.8 Å². The molecular weight excluding hydrogens is 322 g/mol. The molecule has 0 atom stereocenters. The molecule has 0 spiro atoms. The summed E-state index contributed by atoms with van der Waals surface area (Å²) in [5, 5.41) is 16.1. The fourth-order valence-electron chi connectivity index (χ4n) is 1.62. The molecule has 0 bridgehead atoms. The monoisotopic (exact) mass is 341 g/mol. The van der Waals surface area contributed by atoms with Gasteiger partial charge in [0.15, 0.2) is 5.11 Å². The third-order valence-electron chi connectivity index (χ3n) is 2.73. The van der Waals surface area contributed by atoms with Gasteiger partial charge in [0, 0.05) is 18.4 Å². The van der Waals surface area contributed by atoms with Crippen molar-refractivity contribution in [3.63, 3.8) is 0 Å². The van der Waals surface area contributed by atoms with E-state index in [1.807, 2.05) is 25.1 Å². The van der Waals surface area contributed by atoms with Crippen molar-refractivity contribution in [1.29, 1.82) is 0 Å². The highest BCUT2D eigenvalue weighted by Crippen LogP contribution is 2.24. The van der Waals surface area contributed by atoms with E-state index in [1.54, 1.807) is 14.2 Å². The molecule has 0 saturated carbocycles. The zero-order valence-corrected chi connectivity index (χ0v) is 14.3. The predicted octanol–water partition coefficient (Wildman–Crippen LogP) is 1.83. The minimum absolute atomic E-state index is 0.0540. The van der Waals surface area contributed by atoms with Crippen LogP contribution < -0.4 is 15.5 Å². The summed E-state index contributed by atoms with van der Waals surface area (Å²) >= 11 is 6.28. The zero-order valence-electron chi connectivity index (χ0n) is 12.7. The molecule has 22 heavy (non-hydrogen) atoms. The zero-order chi connectivity index (χ0) is 16.5. The molecule has 1 aromatic carbocycles. The maximum Gasteiger partial charge on any atom is 0.313 e. The van der Waals surface area contributed by atoms with Gasteiger partial charge in [-0.3, -0.25) is 10.2 Å². The van der Waals surface area contributed by atoms with E-state index in [0.29, 0.717) is 10.9 Å².